The van der Waals surface area contributed by atoms with Gasteiger partial charge in [0.05, 0.1) is 23.0 Å². The molecule has 0 unspecified atom stereocenters. The van der Waals surface area contributed by atoms with Crippen molar-refractivity contribution < 1.29 is 35.0 Å². The van der Waals surface area contributed by atoms with Crippen molar-refractivity contribution in [3.05, 3.63) is 181 Å². The maximum absolute atomic E-state index is 6.06. The number of rotatable bonds is 8. The summed E-state index contributed by atoms with van der Waals surface area (Å²) in [5, 5.41) is 10.2. The summed E-state index contributed by atoms with van der Waals surface area (Å²) in [5.41, 5.74) is 7.41. The Hall–Kier alpha value is -5.50. The van der Waals surface area contributed by atoms with Crippen molar-refractivity contribution in [3.63, 3.8) is 0 Å². The molecule has 266 valence electrons. The Labute approximate surface area is 341 Å². The predicted octanol–water partition coefficient (Wildman–Crippen LogP) is 15.2. The molecule has 10 aromatic rings. The Bertz CT molecular complexity index is 2670. The van der Waals surface area contributed by atoms with Crippen LogP contribution in [0.3, 0.4) is 0 Å². The molecule has 0 spiro atoms. The van der Waals surface area contributed by atoms with E-state index in [1.165, 1.54) is 65.3 Å². The first-order chi connectivity index (χ1) is 26.7. The SMILES string of the molecule is CCCc1ccc(-c2cc3c(-c4cccc5ccccc45)cccc3[cH-]2)o1.CCCc1ccc(-c2cc3c(-c4cccc5ccccc45)cccc3[cH-]2)o1.[Zr+2]. The average molecular weight is 790 g/mol. The Balaban J connectivity index is 0.000000153. The number of fused-ring (bicyclic) bond motifs is 4. The number of aryl methyl sites for hydroxylation is 2. The van der Waals surface area contributed by atoms with E-state index in [2.05, 4.69) is 184 Å². The van der Waals surface area contributed by atoms with Crippen LogP contribution in [0.5, 0.6) is 0 Å². The van der Waals surface area contributed by atoms with Crippen molar-refractivity contribution in [2.45, 2.75) is 39.5 Å². The number of hydrogen-bond acceptors (Lipinski definition) is 2. The summed E-state index contributed by atoms with van der Waals surface area (Å²) in [5.74, 6) is 4.04. The van der Waals surface area contributed by atoms with Crippen molar-refractivity contribution in [1.82, 2.24) is 0 Å². The third-order valence-electron chi connectivity index (χ3n) is 10.5. The smallest absolute Gasteiger partial charge is 0.496 e. The van der Waals surface area contributed by atoms with Gasteiger partial charge in [0.15, 0.2) is 0 Å². The van der Waals surface area contributed by atoms with Gasteiger partial charge in [-0.05, 0) is 69.8 Å². The second-order valence-corrected chi connectivity index (χ2v) is 14.2. The molecule has 2 heterocycles. The van der Waals surface area contributed by atoms with Crippen molar-refractivity contribution in [3.8, 4) is 44.9 Å². The van der Waals surface area contributed by atoms with E-state index in [1.807, 2.05) is 0 Å². The fraction of sp³-hybridized carbons (Fsp3) is 0.115. The summed E-state index contributed by atoms with van der Waals surface area (Å²) in [4.78, 5) is 0. The van der Waals surface area contributed by atoms with E-state index < -0.39 is 0 Å². The maximum Gasteiger partial charge on any atom is 2.00 e. The van der Waals surface area contributed by atoms with Crippen molar-refractivity contribution in [1.29, 1.82) is 0 Å². The zero-order valence-corrected chi connectivity index (χ0v) is 33.8. The summed E-state index contributed by atoms with van der Waals surface area (Å²) in [6.45, 7) is 4.35. The molecule has 0 amide bonds. The van der Waals surface area contributed by atoms with Gasteiger partial charge in [-0.1, -0.05) is 145 Å². The van der Waals surface area contributed by atoms with Crippen LogP contribution in [-0.4, -0.2) is 0 Å². The van der Waals surface area contributed by atoms with Gasteiger partial charge in [-0.25, -0.2) is 0 Å². The molecule has 10 rings (SSSR count). The summed E-state index contributed by atoms with van der Waals surface area (Å²) < 4.78 is 12.1. The van der Waals surface area contributed by atoms with Gasteiger partial charge in [0, 0.05) is 12.8 Å². The molecule has 3 heteroatoms. The molecule has 2 aromatic heterocycles. The molecule has 0 aliphatic rings. The summed E-state index contributed by atoms with van der Waals surface area (Å²) >= 11 is 0. The Morgan fingerprint density at radius 2 is 0.782 bits per heavy atom. The summed E-state index contributed by atoms with van der Waals surface area (Å²) in [6, 6.07) is 60.7. The average Bonchev–Trinajstić information content (AvgIpc) is 4.04. The molecule has 0 aliphatic heterocycles. The van der Waals surface area contributed by atoms with E-state index in [1.54, 1.807) is 0 Å². The zero-order chi connectivity index (χ0) is 36.4. The molecule has 0 radical (unpaired) electrons. The van der Waals surface area contributed by atoms with Gasteiger partial charge >= 0.3 is 26.2 Å². The Morgan fingerprint density at radius 3 is 1.22 bits per heavy atom. The summed E-state index contributed by atoms with van der Waals surface area (Å²) in [7, 11) is 0. The van der Waals surface area contributed by atoms with Crippen LogP contribution in [0.1, 0.15) is 38.2 Å². The van der Waals surface area contributed by atoms with Crippen LogP contribution < -0.4 is 0 Å². The molecule has 8 aromatic carbocycles. The van der Waals surface area contributed by atoms with E-state index in [0.717, 1.165) is 59.9 Å². The standard InChI is InChI=1S/2C26H21O.Zr/c2*1-2-7-21-14-15-26(27-21)20-16-19-10-6-13-24(25(19)17-20)23-12-5-9-18-8-3-4-11-22(18)23;/h2*3-6,8-17H,2,7H2,1H3;/q2*-1;+2. The molecule has 0 bridgehead atoms. The van der Waals surface area contributed by atoms with E-state index in [0.29, 0.717) is 0 Å². The van der Waals surface area contributed by atoms with Gasteiger partial charge in [-0.2, -0.15) is 0 Å². The minimum atomic E-state index is 0. The van der Waals surface area contributed by atoms with Crippen LogP contribution in [0, 0.1) is 0 Å². The van der Waals surface area contributed by atoms with Crippen molar-refractivity contribution >= 4 is 43.1 Å². The minimum Gasteiger partial charge on any atom is -0.496 e. The largest absolute Gasteiger partial charge is 2.00 e. The van der Waals surface area contributed by atoms with E-state index in [-0.39, 0.29) is 26.2 Å². The molecular formula is C52H42O2Zr. The number of hydrogen-bond donors (Lipinski definition) is 0. The van der Waals surface area contributed by atoms with Gasteiger partial charge in [0.25, 0.3) is 0 Å². The van der Waals surface area contributed by atoms with Gasteiger partial charge in [-0.15, -0.1) is 57.9 Å². The number of benzene rings is 6. The molecule has 0 N–H and O–H groups in total. The van der Waals surface area contributed by atoms with Gasteiger partial charge in [0.2, 0.25) is 0 Å². The molecule has 0 saturated carbocycles. The van der Waals surface area contributed by atoms with Crippen molar-refractivity contribution in [2.24, 2.45) is 0 Å². The zero-order valence-electron chi connectivity index (χ0n) is 31.3. The molecule has 55 heavy (non-hydrogen) atoms. The Morgan fingerprint density at radius 1 is 0.400 bits per heavy atom. The fourth-order valence-electron chi connectivity index (χ4n) is 7.97. The van der Waals surface area contributed by atoms with Crippen molar-refractivity contribution in [2.75, 3.05) is 0 Å². The number of furan rings is 2. The van der Waals surface area contributed by atoms with Gasteiger partial charge in [0.1, 0.15) is 0 Å². The molecule has 0 aliphatic carbocycles. The fourth-order valence-corrected chi connectivity index (χ4v) is 7.97. The molecule has 2 nitrogen and oxygen atoms in total. The van der Waals surface area contributed by atoms with E-state index in [4.69, 9.17) is 8.83 Å². The van der Waals surface area contributed by atoms with Crippen LogP contribution in [0.25, 0.3) is 88.0 Å². The third kappa shape index (κ3) is 7.22. The molecule has 0 atom stereocenters. The van der Waals surface area contributed by atoms with Crippen LogP contribution in [0.4, 0.5) is 0 Å². The first-order valence-electron chi connectivity index (χ1n) is 19.2. The third-order valence-corrected chi connectivity index (χ3v) is 10.5. The molecular weight excluding hydrogens is 748 g/mol. The minimum absolute atomic E-state index is 0. The first-order valence-corrected chi connectivity index (χ1v) is 19.2. The monoisotopic (exact) mass is 788 g/mol. The van der Waals surface area contributed by atoms with Crippen LogP contribution in [0.15, 0.2) is 179 Å². The second kappa shape index (κ2) is 16.1. The first kappa shape index (κ1) is 36.5. The second-order valence-electron chi connectivity index (χ2n) is 14.2. The van der Waals surface area contributed by atoms with Gasteiger partial charge in [-0.3, -0.25) is 0 Å². The quantitative estimate of drug-likeness (QED) is 0.143. The maximum atomic E-state index is 6.06. The van der Waals surface area contributed by atoms with Crippen LogP contribution in [0.2, 0.25) is 0 Å². The molecule has 0 saturated heterocycles. The summed E-state index contributed by atoms with van der Waals surface area (Å²) in [6.07, 6.45) is 4.17. The van der Waals surface area contributed by atoms with Gasteiger partial charge < -0.3 is 8.83 Å². The van der Waals surface area contributed by atoms with Crippen LogP contribution >= 0.6 is 0 Å². The van der Waals surface area contributed by atoms with E-state index >= 15 is 0 Å². The normalized spacial score (nSPS) is 11.2. The van der Waals surface area contributed by atoms with Crippen LogP contribution in [-0.2, 0) is 39.0 Å². The molecule has 0 fully saturated rings. The predicted molar refractivity (Wildman–Crippen MR) is 228 cm³/mol. The Kier molecular flexibility index (Phi) is 10.7. The van der Waals surface area contributed by atoms with E-state index in [9.17, 15) is 0 Å². The topological polar surface area (TPSA) is 26.3 Å².